The first-order valence-electron chi connectivity index (χ1n) is 7.01. The summed E-state index contributed by atoms with van der Waals surface area (Å²) in [4.78, 5) is 4.44. The van der Waals surface area contributed by atoms with E-state index in [9.17, 15) is 8.78 Å². The molecule has 114 valence electrons. The van der Waals surface area contributed by atoms with Crippen molar-refractivity contribution in [2.75, 3.05) is 12.3 Å². The highest BCUT2D eigenvalue weighted by Gasteiger charge is 2.15. The van der Waals surface area contributed by atoms with Gasteiger partial charge in [0.05, 0.1) is 11.0 Å². The molecule has 3 aromatic rings. The molecule has 0 atom stereocenters. The van der Waals surface area contributed by atoms with Gasteiger partial charge >= 0.3 is 0 Å². The number of nitrogens with two attached hydrogens (primary N) is 2. The number of nitrogens with zero attached hydrogens (tertiary/aromatic N) is 2. The van der Waals surface area contributed by atoms with Crippen molar-refractivity contribution >= 4 is 16.7 Å². The molecule has 0 unspecified atom stereocenters. The second-order valence-corrected chi connectivity index (χ2v) is 5.11. The largest absolute Gasteiger partial charge is 0.399 e. The lowest BCUT2D eigenvalue weighted by molar-refractivity contribution is 0.510. The fourth-order valence-electron chi connectivity index (χ4n) is 2.45. The van der Waals surface area contributed by atoms with Crippen molar-refractivity contribution < 1.29 is 8.78 Å². The lowest BCUT2D eigenvalue weighted by Crippen LogP contribution is -2.07. The van der Waals surface area contributed by atoms with Crippen LogP contribution < -0.4 is 11.5 Å². The molecule has 1 heterocycles. The summed E-state index contributed by atoms with van der Waals surface area (Å²) >= 11 is 0. The normalized spacial score (nSPS) is 11.2. The van der Waals surface area contributed by atoms with Crippen molar-refractivity contribution in [3.8, 4) is 11.4 Å². The first-order valence-corrected chi connectivity index (χ1v) is 7.01. The second kappa shape index (κ2) is 5.73. The predicted octanol–water partition coefficient (Wildman–Crippen LogP) is 2.91. The highest BCUT2D eigenvalue weighted by Crippen LogP contribution is 2.27. The predicted molar refractivity (Wildman–Crippen MR) is 83.2 cm³/mol. The topological polar surface area (TPSA) is 69.9 Å². The van der Waals surface area contributed by atoms with Crippen molar-refractivity contribution in [1.82, 2.24) is 9.55 Å². The van der Waals surface area contributed by atoms with Gasteiger partial charge in [0.1, 0.15) is 5.82 Å². The van der Waals surface area contributed by atoms with Gasteiger partial charge in [-0.1, -0.05) is 0 Å². The monoisotopic (exact) mass is 302 g/mol. The Kier molecular flexibility index (Phi) is 3.77. The number of halogens is 2. The van der Waals surface area contributed by atoms with Crippen LogP contribution in [0, 0.1) is 11.6 Å². The van der Waals surface area contributed by atoms with Crippen LogP contribution >= 0.6 is 0 Å². The SMILES string of the molecule is NCCCn1c(-c2ccc(N)cc2)nc2cc(F)c(F)cc21. The molecule has 6 heteroatoms. The lowest BCUT2D eigenvalue weighted by Gasteiger charge is -2.09. The summed E-state index contributed by atoms with van der Waals surface area (Å²) in [5.74, 6) is -1.14. The van der Waals surface area contributed by atoms with Gasteiger partial charge in [0.2, 0.25) is 0 Å². The highest BCUT2D eigenvalue weighted by molar-refractivity contribution is 5.81. The molecule has 1 aromatic heterocycles. The summed E-state index contributed by atoms with van der Waals surface area (Å²) in [6, 6.07) is 9.50. The standard InChI is InChI=1S/C16H16F2N4/c17-12-8-14-15(9-13(12)18)22(7-1-6-19)16(21-14)10-2-4-11(20)5-3-10/h2-5,8-9H,1,6-7,19-20H2. The van der Waals surface area contributed by atoms with Gasteiger partial charge in [-0.25, -0.2) is 13.8 Å². The maximum Gasteiger partial charge on any atom is 0.161 e. The van der Waals surface area contributed by atoms with E-state index in [1.165, 1.54) is 6.07 Å². The number of hydrogen-bond acceptors (Lipinski definition) is 3. The van der Waals surface area contributed by atoms with E-state index in [0.717, 1.165) is 11.6 Å². The number of aromatic nitrogens is 2. The molecule has 0 aliphatic rings. The van der Waals surface area contributed by atoms with Crippen LogP contribution in [0.4, 0.5) is 14.5 Å². The number of aryl methyl sites for hydroxylation is 1. The van der Waals surface area contributed by atoms with Gasteiger partial charge in [0, 0.05) is 29.9 Å². The van der Waals surface area contributed by atoms with Crippen molar-refractivity contribution in [2.24, 2.45) is 5.73 Å². The number of rotatable bonds is 4. The van der Waals surface area contributed by atoms with Crippen molar-refractivity contribution in [3.05, 3.63) is 48.0 Å². The number of fused-ring (bicyclic) bond motifs is 1. The van der Waals surface area contributed by atoms with Crippen molar-refractivity contribution in [1.29, 1.82) is 0 Å². The third-order valence-corrected chi connectivity index (χ3v) is 3.55. The Morgan fingerprint density at radius 1 is 1.05 bits per heavy atom. The molecule has 0 fully saturated rings. The molecule has 4 nitrogen and oxygen atoms in total. The minimum absolute atomic E-state index is 0.419. The molecule has 0 spiro atoms. The van der Waals surface area contributed by atoms with Gasteiger partial charge in [-0.05, 0) is 37.2 Å². The minimum atomic E-state index is -0.903. The van der Waals surface area contributed by atoms with Gasteiger partial charge in [0.15, 0.2) is 11.6 Å². The first-order chi connectivity index (χ1) is 10.6. The minimum Gasteiger partial charge on any atom is -0.399 e. The summed E-state index contributed by atoms with van der Waals surface area (Å²) in [7, 11) is 0. The van der Waals surface area contributed by atoms with E-state index in [1.54, 1.807) is 12.1 Å². The molecule has 3 rings (SSSR count). The van der Waals surface area contributed by atoms with Crippen LogP contribution in [-0.2, 0) is 6.54 Å². The van der Waals surface area contributed by atoms with E-state index in [4.69, 9.17) is 11.5 Å². The Hall–Kier alpha value is -2.47. The summed E-state index contributed by atoms with van der Waals surface area (Å²) in [6.07, 6.45) is 0.715. The Labute approximate surface area is 126 Å². The number of imidazole rings is 1. The Balaban J connectivity index is 2.21. The smallest absolute Gasteiger partial charge is 0.161 e. The van der Waals surface area contributed by atoms with E-state index in [0.29, 0.717) is 42.1 Å². The molecule has 2 aromatic carbocycles. The van der Waals surface area contributed by atoms with E-state index in [2.05, 4.69) is 4.98 Å². The van der Waals surface area contributed by atoms with E-state index in [1.807, 2.05) is 16.7 Å². The second-order valence-electron chi connectivity index (χ2n) is 5.11. The maximum absolute atomic E-state index is 13.6. The van der Waals surface area contributed by atoms with Gasteiger partial charge in [0.25, 0.3) is 0 Å². The Morgan fingerprint density at radius 2 is 1.73 bits per heavy atom. The van der Waals surface area contributed by atoms with E-state index in [-0.39, 0.29) is 0 Å². The summed E-state index contributed by atoms with van der Waals surface area (Å²) in [6.45, 7) is 1.09. The molecule has 22 heavy (non-hydrogen) atoms. The third kappa shape index (κ3) is 2.53. The summed E-state index contributed by atoms with van der Waals surface area (Å²) in [5, 5.41) is 0. The van der Waals surface area contributed by atoms with Crippen LogP contribution in [0.2, 0.25) is 0 Å². The van der Waals surface area contributed by atoms with Gasteiger partial charge in [-0.15, -0.1) is 0 Å². The van der Waals surface area contributed by atoms with Crippen LogP contribution in [0.25, 0.3) is 22.4 Å². The van der Waals surface area contributed by atoms with Crippen LogP contribution in [0.3, 0.4) is 0 Å². The highest BCUT2D eigenvalue weighted by atomic mass is 19.2. The molecule has 0 saturated heterocycles. The molecule has 0 bridgehead atoms. The average Bonchev–Trinajstić information content (AvgIpc) is 2.84. The molecule has 4 N–H and O–H groups in total. The molecule has 0 saturated carbocycles. The molecule has 0 amide bonds. The zero-order chi connectivity index (χ0) is 15.7. The molecular weight excluding hydrogens is 286 g/mol. The van der Waals surface area contributed by atoms with Crippen LogP contribution in [0.5, 0.6) is 0 Å². The summed E-state index contributed by atoms with van der Waals surface area (Å²) in [5.41, 5.74) is 13.7. The van der Waals surface area contributed by atoms with Gasteiger partial charge < -0.3 is 16.0 Å². The van der Waals surface area contributed by atoms with Crippen LogP contribution in [0.1, 0.15) is 6.42 Å². The van der Waals surface area contributed by atoms with Gasteiger partial charge in [-0.3, -0.25) is 0 Å². The summed E-state index contributed by atoms with van der Waals surface area (Å²) < 4.78 is 28.9. The van der Waals surface area contributed by atoms with E-state index >= 15 is 0 Å². The molecule has 0 radical (unpaired) electrons. The fourth-order valence-corrected chi connectivity index (χ4v) is 2.45. The Morgan fingerprint density at radius 3 is 2.41 bits per heavy atom. The zero-order valence-electron chi connectivity index (χ0n) is 11.9. The van der Waals surface area contributed by atoms with Crippen LogP contribution in [-0.4, -0.2) is 16.1 Å². The average molecular weight is 302 g/mol. The lowest BCUT2D eigenvalue weighted by atomic mass is 10.2. The van der Waals surface area contributed by atoms with Crippen molar-refractivity contribution in [2.45, 2.75) is 13.0 Å². The molecule has 0 aliphatic heterocycles. The number of benzene rings is 2. The van der Waals surface area contributed by atoms with Crippen molar-refractivity contribution in [3.63, 3.8) is 0 Å². The first kappa shape index (κ1) is 14.5. The van der Waals surface area contributed by atoms with E-state index < -0.39 is 11.6 Å². The number of anilines is 1. The maximum atomic E-state index is 13.6. The molecule has 0 aliphatic carbocycles. The zero-order valence-corrected chi connectivity index (χ0v) is 11.9. The fraction of sp³-hybridized carbons (Fsp3) is 0.188. The third-order valence-electron chi connectivity index (χ3n) is 3.55. The van der Waals surface area contributed by atoms with Gasteiger partial charge in [-0.2, -0.15) is 0 Å². The molecular formula is C16H16F2N4. The quantitative estimate of drug-likeness (QED) is 0.728. The Bertz CT molecular complexity index is 809. The van der Waals surface area contributed by atoms with Crippen LogP contribution in [0.15, 0.2) is 36.4 Å². The number of hydrogen-bond donors (Lipinski definition) is 2. The number of nitrogen functional groups attached to an aromatic ring is 1.